The number of ether oxygens (including phenoxy) is 1. The van der Waals surface area contributed by atoms with Gasteiger partial charge in [0, 0.05) is 35.8 Å². The van der Waals surface area contributed by atoms with E-state index in [2.05, 4.69) is 15.0 Å². The van der Waals surface area contributed by atoms with Crippen LogP contribution in [-0.4, -0.2) is 32.7 Å². The maximum atomic E-state index is 12.4. The number of rotatable bonds is 4. The maximum absolute atomic E-state index is 12.4. The fourth-order valence-electron chi connectivity index (χ4n) is 3.67. The molecule has 0 spiro atoms. The number of nitrogens with zero attached hydrogens (tertiary/aromatic N) is 1. The van der Waals surface area contributed by atoms with Crippen molar-refractivity contribution in [2.45, 2.75) is 12.3 Å². The van der Waals surface area contributed by atoms with Crippen LogP contribution in [0.2, 0.25) is 0 Å². The van der Waals surface area contributed by atoms with E-state index in [0.29, 0.717) is 11.4 Å². The molecule has 0 saturated carbocycles. The number of aromatic nitrogens is 1. The van der Waals surface area contributed by atoms with E-state index < -0.39 is 10.0 Å². The van der Waals surface area contributed by atoms with Crippen molar-refractivity contribution in [3.63, 3.8) is 0 Å². The topological polar surface area (TPSA) is 97.4 Å². The zero-order chi connectivity index (χ0) is 19.9. The fourth-order valence-corrected chi connectivity index (χ4v) is 4.22. The van der Waals surface area contributed by atoms with Crippen molar-refractivity contribution in [1.82, 2.24) is 4.98 Å². The Kier molecular flexibility index (Phi) is 4.43. The number of carbonyl (C=O) groups excluding carboxylic acids is 1. The molecule has 8 heteroatoms. The summed E-state index contributed by atoms with van der Waals surface area (Å²) in [6.45, 7) is 0. The smallest absolute Gasteiger partial charge is 0.229 e. The van der Waals surface area contributed by atoms with Crippen LogP contribution in [0.15, 0.2) is 48.8 Å². The number of benzene rings is 2. The van der Waals surface area contributed by atoms with Gasteiger partial charge in [0.1, 0.15) is 5.75 Å². The molecule has 7 nitrogen and oxygen atoms in total. The third-order valence-electron chi connectivity index (χ3n) is 4.80. The Labute approximate surface area is 162 Å². The number of carbonyl (C=O) groups is 1. The molecule has 0 saturated heterocycles. The monoisotopic (exact) mass is 397 g/mol. The van der Waals surface area contributed by atoms with Crippen molar-refractivity contribution in [3.8, 4) is 5.75 Å². The van der Waals surface area contributed by atoms with Crippen molar-refractivity contribution in [2.24, 2.45) is 0 Å². The predicted molar refractivity (Wildman–Crippen MR) is 108 cm³/mol. The number of amides is 1. The van der Waals surface area contributed by atoms with Crippen molar-refractivity contribution < 1.29 is 17.9 Å². The second kappa shape index (κ2) is 6.79. The van der Waals surface area contributed by atoms with E-state index in [-0.39, 0.29) is 23.9 Å². The van der Waals surface area contributed by atoms with Gasteiger partial charge in [-0.15, -0.1) is 0 Å². The summed E-state index contributed by atoms with van der Waals surface area (Å²) in [7, 11) is -2.01. The van der Waals surface area contributed by atoms with Gasteiger partial charge in [0.05, 0.1) is 19.1 Å². The number of fused-ring (bicyclic) bond motifs is 2. The van der Waals surface area contributed by atoms with E-state index in [1.165, 1.54) is 7.11 Å². The number of hydrogen-bond acceptors (Lipinski definition) is 5. The SMILES string of the molecule is COc1cc2c(cc1NS(C)(=O)=O)NC(=O)CC2c1cccc2cnccc12. The van der Waals surface area contributed by atoms with Gasteiger partial charge in [-0.25, -0.2) is 8.42 Å². The van der Waals surface area contributed by atoms with Gasteiger partial charge in [0.25, 0.3) is 0 Å². The number of sulfonamides is 1. The van der Waals surface area contributed by atoms with Crippen LogP contribution < -0.4 is 14.8 Å². The molecule has 144 valence electrons. The molecule has 3 aromatic rings. The van der Waals surface area contributed by atoms with Gasteiger partial charge in [-0.3, -0.25) is 14.5 Å². The summed E-state index contributed by atoms with van der Waals surface area (Å²) in [4.78, 5) is 16.6. The number of anilines is 2. The van der Waals surface area contributed by atoms with Gasteiger partial charge < -0.3 is 10.1 Å². The van der Waals surface area contributed by atoms with E-state index in [0.717, 1.165) is 28.2 Å². The first kappa shape index (κ1) is 18.2. The van der Waals surface area contributed by atoms with Crippen LogP contribution in [-0.2, 0) is 14.8 Å². The molecule has 0 fully saturated rings. The minimum atomic E-state index is -3.49. The lowest BCUT2D eigenvalue weighted by Crippen LogP contribution is -2.24. The standard InChI is InChI=1S/C20H19N3O4S/c1-27-19-8-16-15(14-5-3-4-12-11-21-7-6-13(12)14)9-20(24)22-17(16)10-18(19)23-28(2,25)26/h3-8,10-11,15,23H,9H2,1-2H3,(H,22,24). The summed E-state index contributed by atoms with van der Waals surface area (Å²) in [6.07, 6.45) is 4.88. The highest BCUT2D eigenvalue weighted by Gasteiger charge is 2.29. The number of methoxy groups -OCH3 is 1. The van der Waals surface area contributed by atoms with Crippen LogP contribution >= 0.6 is 0 Å². The van der Waals surface area contributed by atoms with Gasteiger partial charge >= 0.3 is 0 Å². The molecule has 28 heavy (non-hydrogen) atoms. The average Bonchev–Trinajstić information content (AvgIpc) is 2.65. The Morgan fingerprint density at radius 2 is 2.04 bits per heavy atom. The molecular weight excluding hydrogens is 378 g/mol. The Bertz CT molecular complexity index is 1190. The van der Waals surface area contributed by atoms with Crippen molar-refractivity contribution >= 4 is 38.1 Å². The molecule has 1 aliphatic rings. The van der Waals surface area contributed by atoms with Crippen LogP contribution in [0, 0.1) is 0 Å². The molecule has 0 aliphatic carbocycles. The van der Waals surface area contributed by atoms with Crippen LogP contribution in [0.5, 0.6) is 5.75 Å². The van der Waals surface area contributed by atoms with E-state index in [1.807, 2.05) is 24.3 Å². The van der Waals surface area contributed by atoms with E-state index >= 15 is 0 Å². The van der Waals surface area contributed by atoms with Crippen LogP contribution in [0.25, 0.3) is 10.8 Å². The summed E-state index contributed by atoms with van der Waals surface area (Å²) in [5, 5.41) is 4.87. The van der Waals surface area contributed by atoms with Crippen LogP contribution in [0.3, 0.4) is 0 Å². The largest absolute Gasteiger partial charge is 0.495 e. The molecule has 4 rings (SSSR count). The van der Waals surface area contributed by atoms with Gasteiger partial charge in [-0.1, -0.05) is 18.2 Å². The summed E-state index contributed by atoms with van der Waals surface area (Å²) >= 11 is 0. The summed E-state index contributed by atoms with van der Waals surface area (Å²) < 4.78 is 31.2. The van der Waals surface area contributed by atoms with Crippen molar-refractivity contribution in [2.75, 3.05) is 23.4 Å². The van der Waals surface area contributed by atoms with Crippen molar-refractivity contribution in [3.05, 3.63) is 59.9 Å². The van der Waals surface area contributed by atoms with Gasteiger partial charge in [-0.05, 0) is 34.7 Å². The third kappa shape index (κ3) is 3.38. The highest BCUT2D eigenvalue weighted by Crippen LogP contribution is 2.43. The van der Waals surface area contributed by atoms with Gasteiger partial charge in [-0.2, -0.15) is 0 Å². The molecular formula is C20H19N3O4S. The van der Waals surface area contributed by atoms with E-state index in [9.17, 15) is 13.2 Å². The normalized spacial score (nSPS) is 16.4. The molecule has 1 aliphatic heterocycles. The number of nitrogens with one attached hydrogen (secondary N) is 2. The van der Waals surface area contributed by atoms with Gasteiger partial charge in [0.2, 0.25) is 15.9 Å². The number of hydrogen-bond donors (Lipinski definition) is 2. The lowest BCUT2D eigenvalue weighted by molar-refractivity contribution is -0.116. The summed E-state index contributed by atoms with van der Waals surface area (Å²) in [5.41, 5.74) is 2.74. The zero-order valence-electron chi connectivity index (χ0n) is 15.4. The minimum Gasteiger partial charge on any atom is -0.495 e. The first-order chi connectivity index (χ1) is 13.4. The molecule has 2 aromatic carbocycles. The highest BCUT2D eigenvalue weighted by atomic mass is 32.2. The lowest BCUT2D eigenvalue weighted by Gasteiger charge is -2.28. The van der Waals surface area contributed by atoms with E-state index in [4.69, 9.17) is 4.74 Å². The van der Waals surface area contributed by atoms with Crippen molar-refractivity contribution in [1.29, 1.82) is 0 Å². The fraction of sp³-hybridized carbons (Fsp3) is 0.200. The first-order valence-corrected chi connectivity index (χ1v) is 10.6. The molecule has 2 heterocycles. The quantitative estimate of drug-likeness (QED) is 0.705. The molecule has 0 bridgehead atoms. The summed E-state index contributed by atoms with van der Waals surface area (Å²) in [6, 6.07) is 11.3. The zero-order valence-corrected chi connectivity index (χ0v) is 16.2. The van der Waals surface area contributed by atoms with Gasteiger partial charge in [0.15, 0.2) is 0 Å². The molecule has 2 N–H and O–H groups in total. The lowest BCUT2D eigenvalue weighted by atomic mass is 9.82. The third-order valence-corrected chi connectivity index (χ3v) is 5.39. The van der Waals surface area contributed by atoms with Crippen LogP contribution in [0.1, 0.15) is 23.5 Å². The molecule has 0 radical (unpaired) electrons. The Morgan fingerprint density at radius 3 is 2.79 bits per heavy atom. The summed E-state index contributed by atoms with van der Waals surface area (Å²) in [5.74, 6) is 0.0855. The Balaban J connectivity index is 1.90. The maximum Gasteiger partial charge on any atom is 0.229 e. The van der Waals surface area contributed by atoms with E-state index in [1.54, 1.807) is 24.5 Å². The Morgan fingerprint density at radius 1 is 1.21 bits per heavy atom. The second-order valence-corrected chi connectivity index (χ2v) is 8.51. The second-order valence-electron chi connectivity index (χ2n) is 6.76. The Hall–Kier alpha value is -3.13. The average molecular weight is 397 g/mol. The predicted octanol–water partition coefficient (Wildman–Crippen LogP) is 3.09. The molecule has 1 atom stereocenters. The molecule has 1 amide bonds. The number of pyridine rings is 1. The highest BCUT2D eigenvalue weighted by molar-refractivity contribution is 7.92. The first-order valence-electron chi connectivity index (χ1n) is 8.68. The minimum absolute atomic E-state index is 0.126. The molecule has 1 unspecified atom stereocenters. The molecule has 1 aromatic heterocycles. The van der Waals surface area contributed by atoms with Crippen LogP contribution in [0.4, 0.5) is 11.4 Å².